The molecule has 0 aliphatic carbocycles. The highest BCUT2D eigenvalue weighted by atomic mass is 35.5. The van der Waals surface area contributed by atoms with E-state index in [1.807, 2.05) is 30.3 Å². The molecule has 0 aliphatic rings. The predicted molar refractivity (Wildman–Crippen MR) is 75.0 cm³/mol. The van der Waals surface area contributed by atoms with Gasteiger partial charge in [0.05, 0.1) is 0 Å². The molecule has 0 radical (unpaired) electrons. The molecule has 8 heteroatoms. The van der Waals surface area contributed by atoms with Crippen LogP contribution in [0.25, 0.3) is 28.5 Å². The Morgan fingerprint density at radius 3 is 2.81 bits per heavy atom. The fourth-order valence-corrected chi connectivity index (χ4v) is 2.11. The Hall–Kier alpha value is -2.80. The third kappa shape index (κ3) is 2.13. The molecule has 0 atom stereocenters. The molecule has 4 rings (SSSR count). The summed E-state index contributed by atoms with van der Waals surface area (Å²) in [5.41, 5.74) is 0.756. The number of fused-ring (bicyclic) bond motifs is 1. The molecule has 0 aliphatic heterocycles. The van der Waals surface area contributed by atoms with Gasteiger partial charge in [-0.1, -0.05) is 18.2 Å². The Bertz CT molecular complexity index is 884. The number of benzene rings is 1. The summed E-state index contributed by atoms with van der Waals surface area (Å²) in [5.74, 6) is 1.14. The van der Waals surface area contributed by atoms with Crippen LogP contribution in [0.4, 0.5) is 0 Å². The Kier molecular flexibility index (Phi) is 2.65. The van der Waals surface area contributed by atoms with Crippen molar-refractivity contribution in [1.82, 2.24) is 29.7 Å². The van der Waals surface area contributed by atoms with Crippen LogP contribution in [0, 0.1) is 0 Å². The molecule has 4 aromatic rings. The molecule has 21 heavy (non-hydrogen) atoms. The summed E-state index contributed by atoms with van der Waals surface area (Å²) in [7, 11) is 0. The van der Waals surface area contributed by atoms with Crippen molar-refractivity contribution in [2.75, 3.05) is 0 Å². The summed E-state index contributed by atoms with van der Waals surface area (Å²) in [6, 6.07) is 9.51. The second-order valence-corrected chi connectivity index (χ2v) is 4.55. The first-order chi connectivity index (χ1) is 10.3. The largest absolute Gasteiger partial charge is 0.453 e. The van der Waals surface area contributed by atoms with Crippen molar-refractivity contribution in [3.05, 3.63) is 48.3 Å². The molecule has 3 aromatic heterocycles. The monoisotopic (exact) mass is 298 g/mol. The molecule has 0 amide bonds. The SMILES string of the molecule is Clc1nc(-c2cc3ccccc3o2)nc(-n2cncn2)n1. The molecular weight excluding hydrogens is 292 g/mol. The molecule has 102 valence electrons. The normalized spacial score (nSPS) is 11.1. The zero-order valence-corrected chi connectivity index (χ0v) is 11.3. The second kappa shape index (κ2) is 4.64. The van der Waals surface area contributed by atoms with E-state index in [0.29, 0.717) is 11.6 Å². The number of hydrogen-bond donors (Lipinski definition) is 0. The fourth-order valence-electron chi connectivity index (χ4n) is 1.96. The maximum atomic E-state index is 5.95. The first-order valence-corrected chi connectivity index (χ1v) is 6.43. The molecule has 7 nitrogen and oxygen atoms in total. The van der Waals surface area contributed by atoms with Crippen molar-refractivity contribution in [3.8, 4) is 17.5 Å². The third-order valence-corrected chi connectivity index (χ3v) is 3.03. The quantitative estimate of drug-likeness (QED) is 0.565. The van der Waals surface area contributed by atoms with Crippen LogP contribution >= 0.6 is 11.6 Å². The lowest BCUT2D eigenvalue weighted by Gasteiger charge is -2.01. The molecule has 1 aromatic carbocycles. The highest BCUT2D eigenvalue weighted by Crippen LogP contribution is 2.26. The maximum absolute atomic E-state index is 5.95. The van der Waals surface area contributed by atoms with Crippen LogP contribution in [-0.2, 0) is 0 Å². The van der Waals surface area contributed by atoms with Crippen LogP contribution in [0.15, 0.2) is 47.4 Å². The van der Waals surface area contributed by atoms with Crippen LogP contribution in [0.1, 0.15) is 0 Å². The summed E-state index contributed by atoms with van der Waals surface area (Å²) in [6.45, 7) is 0. The standard InChI is InChI=1S/C13H7ClN6O/c14-12-17-11(18-13(19-12)20-7-15-6-16-20)10-5-8-3-1-2-4-9(8)21-10/h1-7H. The van der Waals surface area contributed by atoms with Gasteiger partial charge in [-0.3, -0.25) is 0 Å². The Morgan fingerprint density at radius 2 is 2.00 bits per heavy atom. The van der Waals surface area contributed by atoms with E-state index in [4.69, 9.17) is 16.0 Å². The summed E-state index contributed by atoms with van der Waals surface area (Å²) < 4.78 is 7.13. The second-order valence-electron chi connectivity index (χ2n) is 4.22. The Morgan fingerprint density at radius 1 is 1.10 bits per heavy atom. The van der Waals surface area contributed by atoms with Gasteiger partial charge in [-0.25, -0.2) is 4.98 Å². The van der Waals surface area contributed by atoms with Gasteiger partial charge in [0.2, 0.25) is 11.1 Å². The maximum Gasteiger partial charge on any atom is 0.257 e. The highest BCUT2D eigenvalue weighted by Gasteiger charge is 2.13. The van der Waals surface area contributed by atoms with Crippen LogP contribution in [-0.4, -0.2) is 29.7 Å². The van der Waals surface area contributed by atoms with E-state index in [2.05, 4.69) is 25.0 Å². The van der Waals surface area contributed by atoms with E-state index < -0.39 is 0 Å². The van der Waals surface area contributed by atoms with Gasteiger partial charge in [0, 0.05) is 5.39 Å². The van der Waals surface area contributed by atoms with E-state index in [1.54, 1.807) is 0 Å². The van der Waals surface area contributed by atoms with E-state index in [1.165, 1.54) is 17.3 Å². The van der Waals surface area contributed by atoms with Crippen molar-refractivity contribution in [1.29, 1.82) is 0 Å². The van der Waals surface area contributed by atoms with E-state index in [9.17, 15) is 0 Å². The van der Waals surface area contributed by atoms with Crippen molar-refractivity contribution in [3.63, 3.8) is 0 Å². The molecule has 0 N–H and O–H groups in total. The smallest absolute Gasteiger partial charge is 0.257 e. The molecule has 0 saturated heterocycles. The zero-order chi connectivity index (χ0) is 14.2. The van der Waals surface area contributed by atoms with Gasteiger partial charge in [0.15, 0.2) is 5.76 Å². The van der Waals surface area contributed by atoms with Gasteiger partial charge in [-0.15, -0.1) is 0 Å². The minimum Gasteiger partial charge on any atom is -0.453 e. The lowest BCUT2D eigenvalue weighted by atomic mass is 10.2. The Balaban J connectivity index is 1.88. The van der Waals surface area contributed by atoms with Gasteiger partial charge < -0.3 is 4.42 Å². The first kappa shape index (κ1) is 12.0. The van der Waals surface area contributed by atoms with Crippen molar-refractivity contribution >= 4 is 22.6 Å². The number of aromatic nitrogens is 6. The average molecular weight is 299 g/mol. The highest BCUT2D eigenvalue weighted by molar-refractivity contribution is 6.28. The van der Waals surface area contributed by atoms with Crippen LogP contribution in [0.3, 0.4) is 0 Å². The number of rotatable bonds is 2. The van der Waals surface area contributed by atoms with Crippen LogP contribution in [0.2, 0.25) is 5.28 Å². The van der Waals surface area contributed by atoms with Gasteiger partial charge >= 0.3 is 0 Å². The predicted octanol–water partition coefficient (Wildman–Crippen LogP) is 2.52. The minimum atomic E-state index is 0.0611. The number of halogens is 1. The summed E-state index contributed by atoms with van der Waals surface area (Å²) in [6.07, 6.45) is 2.87. The van der Waals surface area contributed by atoms with Crippen molar-refractivity contribution in [2.45, 2.75) is 0 Å². The number of para-hydroxylation sites is 1. The first-order valence-electron chi connectivity index (χ1n) is 6.05. The van der Waals surface area contributed by atoms with E-state index >= 15 is 0 Å². The number of hydrogen-bond acceptors (Lipinski definition) is 6. The summed E-state index contributed by atoms with van der Waals surface area (Å²) in [4.78, 5) is 16.3. The summed E-state index contributed by atoms with van der Waals surface area (Å²) >= 11 is 5.95. The molecule has 0 saturated carbocycles. The Labute approximate surface area is 123 Å². The zero-order valence-electron chi connectivity index (χ0n) is 10.5. The summed E-state index contributed by atoms with van der Waals surface area (Å²) in [5, 5.41) is 4.99. The topological polar surface area (TPSA) is 82.5 Å². The molecule has 0 unspecified atom stereocenters. The van der Waals surface area contributed by atoms with E-state index in [-0.39, 0.29) is 11.2 Å². The lowest BCUT2D eigenvalue weighted by molar-refractivity contribution is 0.623. The minimum absolute atomic E-state index is 0.0611. The molecule has 0 bridgehead atoms. The van der Waals surface area contributed by atoms with Gasteiger partial charge in [-0.2, -0.15) is 24.7 Å². The average Bonchev–Trinajstić information content (AvgIpc) is 3.16. The molecule has 0 fully saturated rings. The molecular formula is C13H7ClN6O. The molecule has 3 heterocycles. The molecule has 0 spiro atoms. The van der Waals surface area contributed by atoms with E-state index in [0.717, 1.165) is 11.0 Å². The lowest BCUT2D eigenvalue weighted by Crippen LogP contribution is -2.04. The van der Waals surface area contributed by atoms with Crippen LogP contribution in [0.5, 0.6) is 0 Å². The fraction of sp³-hybridized carbons (Fsp3) is 0. The van der Waals surface area contributed by atoms with Gasteiger partial charge in [-0.05, 0) is 23.7 Å². The van der Waals surface area contributed by atoms with Crippen molar-refractivity contribution < 1.29 is 4.42 Å². The van der Waals surface area contributed by atoms with Gasteiger partial charge in [0.1, 0.15) is 18.2 Å². The van der Waals surface area contributed by atoms with Crippen LogP contribution < -0.4 is 0 Å². The van der Waals surface area contributed by atoms with Crippen molar-refractivity contribution in [2.24, 2.45) is 0 Å². The third-order valence-electron chi connectivity index (χ3n) is 2.87. The van der Waals surface area contributed by atoms with Gasteiger partial charge in [0.25, 0.3) is 5.95 Å². The number of furan rings is 1. The number of nitrogens with zero attached hydrogens (tertiary/aromatic N) is 6.